The molecule has 16 heavy (non-hydrogen) atoms. The van der Waals surface area contributed by atoms with E-state index in [0.717, 1.165) is 12.0 Å². The van der Waals surface area contributed by atoms with Gasteiger partial charge in [0, 0.05) is 6.21 Å². The highest BCUT2D eigenvalue weighted by atomic mass is 16.5. The molecule has 0 aliphatic heterocycles. The van der Waals surface area contributed by atoms with E-state index in [1.165, 1.54) is 7.11 Å². The molecule has 1 rings (SSSR count). The highest BCUT2D eigenvalue weighted by molar-refractivity contribution is 5.81. The zero-order chi connectivity index (χ0) is 12.0. The third-order valence-corrected chi connectivity index (χ3v) is 2.32. The highest BCUT2D eigenvalue weighted by Crippen LogP contribution is 2.25. The summed E-state index contributed by atoms with van der Waals surface area (Å²) in [5, 5.41) is 18.4. The van der Waals surface area contributed by atoms with Crippen LogP contribution in [0.4, 0.5) is 0 Å². The lowest BCUT2D eigenvalue weighted by molar-refractivity contribution is 0.264. The topological polar surface area (TPSA) is 62.1 Å². The standard InChI is InChI=1S/C12H17NO3/c1-3-10(8-14)13-7-9-4-5-11(15)12(6-9)16-2/h4-7,10,14-15H,3,8H2,1-2H3/t10-/m1/s1. The fraction of sp³-hybridized carbons (Fsp3) is 0.417. The molecule has 0 amide bonds. The number of aliphatic imine (C=N–C) groups is 1. The molecule has 4 nitrogen and oxygen atoms in total. The van der Waals surface area contributed by atoms with E-state index in [2.05, 4.69) is 4.99 Å². The van der Waals surface area contributed by atoms with Crippen LogP contribution in [0.1, 0.15) is 18.9 Å². The van der Waals surface area contributed by atoms with Gasteiger partial charge < -0.3 is 14.9 Å². The molecule has 2 N–H and O–H groups in total. The van der Waals surface area contributed by atoms with E-state index >= 15 is 0 Å². The maximum absolute atomic E-state index is 9.40. The molecule has 0 aliphatic carbocycles. The minimum Gasteiger partial charge on any atom is -0.504 e. The Morgan fingerprint density at radius 2 is 2.25 bits per heavy atom. The second-order valence-electron chi connectivity index (χ2n) is 3.45. The summed E-state index contributed by atoms with van der Waals surface area (Å²) in [6.45, 7) is 2.01. The molecule has 88 valence electrons. The van der Waals surface area contributed by atoms with Crippen LogP contribution in [0.2, 0.25) is 0 Å². The van der Waals surface area contributed by atoms with Crippen LogP contribution in [0.25, 0.3) is 0 Å². The zero-order valence-electron chi connectivity index (χ0n) is 9.55. The van der Waals surface area contributed by atoms with Gasteiger partial charge in [-0.25, -0.2) is 0 Å². The van der Waals surface area contributed by atoms with Gasteiger partial charge in [0.25, 0.3) is 0 Å². The molecular weight excluding hydrogens is 206 g/mol. The summed E-state index contributed by atoms with van der Waals surface area (Å²) in [6, 6.07) is 4.92. The Morgan fingerprint density at radius 1 is 1.50 bits per heavy atom. The number of nitrogens with zero attached hydrogens (tertiary/aromatic N) is 1. The average molecular weight is 223 g/mol. The highest BCUT2D eigenvalue weighted by Gasteiger charge is 2.02. The summed E-state index contributed by atoms with van der Waals surface area (Å²) in [4.78, 5) is 4.22. The number of aliphatic hydroxyl groups is 1. The van der Waals surface area contributed by atoms with Crippen molar-refractivity contribution < 1.29 is 14.9 Å². The molecular formula is C12H17NO3. The van der Waals surface area contributed by atoms with Gasteiger partial charge in [0.15, 0.2) is 11.5 Å². The molecule has 0 aliphatic rings. The Labute approximate surface area is 95.2 Å². The van der Waals surface area contributed by atoms with Crippen LogP contribution in [0.5, 0.6) is 11.5 Å². The number of methoxy groups -OCH3 is 1. The molecule has 0 spiro atoms. The smallest absolute Gasteiger partial charge is 0.161 e. The lowest BCUT2D eigenvalue weighted by Gasteiger charge is -2.06. The van der Waals surface area contributed by atoms with Crippen molar-refractivity contribution in [2.75, 3.05) is 13.7 Å². The first-order valence-electron chi connectivity index (χ1n) is 5.22. The number of aliphatic hydroxyl groups excluding tert-OH is 1. The predicted octanol–water partition coefficient (Wildman–Crippen LogP) is 1.59. The Hall–Kier alpha value is -1.55. The zero-order valence-corrected chi connectivity index (χ0v) is 9.55. The van der Waals surface area contributed by atoms with Gasteiger partial charge in [-0.3, -0.25) is 4.99 Å². The van der Waals surface area contributed by atoms with Crippen molar-refractivity contribution in [3.8, 4) is 11.5 Å². The van der Waals surface area contributed by atoms with Crippen molar-refractivity contribution in [1.82, 2.24) is 0 Å². The SMILES string of the molecule is CC[C@H](CO)N=Cc1ccc(O)c(OC)c1. The van der Waals surface area contributed by atoms with Crippen LogP contribution in [-0.2, 0) is 0 Å². The van der Waals surface area contributed by atoms with Crippen LogP contribution in [-0.4, -0.2) is 36.2 Å². The quantitative estimate of drug-likeness (QED) is 0.745. The molecule has 1 atom stereocenters. The third-order valence-electron chi connectivity index (χ3n) is 2.32. The van der Waals surface area contributed by atoms with E-state index in [9.17, 15) is 5.11 Å². The number of rotatable bonds is 5. The van der Waals surface area contributed by atoms with Crippen molar-refractivity contribution in [3.63, 3.8) is 0 Å². The minimum atomic E-state index is -0.0696. The summed E-state index contributed by atoms with van der Waals surface area (Å²) < 4.78 is 4.98. The van der Waals surface area contributed by atoms with Gasteiger partial charge in [-0.05, 0) is 30.2 Å². The Balaban J connectivity index is 2.81. The lowest BCUT2D eigenvalue weighted by Crippen LogP contribution is -2.08. The fourth-order valence-electron chi connectivity index (χ4n) is 1.25. The molecule has 0 saturated heterocycles. The summed E-state index contributed by atoms with van der Waals surface area (Å²) in [5.41, 5.74) is 0.835. The molecule has 0 heterocycles. The molecule has 0 radical (unpaired) electrons. The van der Waals surface area contributed by atoms with Crippen LogP contribution in [0.3, 0.4) is 0 Å². The second-order valence-corrected chi connectivity index (χ2v) is 3.45. The maximum Gasteiger partial charge on any atom is 0.161 e. The molecule has 0 fully saturated rings. The van der Waals surface area contributed by atoms with E-state index in [4.69, 9.17) is 9.84 Å². The average Bonchev–Trinajstić information content (AvgIpc) is 2.32. The van der Waals surface area contributed by atoms with Gasteiger partial charge in [-0.15, -0.1) is 0 Å². The third kappa shape index (κ3) is 3.24. The predicted molar refractivity (Wildman–Crippen MR) is 63.4 cm³/mol. The number of ether oxygens (including phenoxy) is 1. The van der Waals surface area contributed by atoms with Gasteiger partial charge in [0.2, 0.25) is 0 Å². The molecule has 1 aromatic rings. The van der Waals surface area contributed by atoms with E-state index in [1.54, 1.807) is 24.4 Å². The van der Waals surface area contributed by atoms with Crippen molar-refractivity contribution in [2.45, 2.75) is 19.4 Å². The first-order valence-corrected chi connectivity index (χ1v) is 5.22. The molecule has 1 aromatic carbocycles. The molecule has 0 saturated carbocycles. The molecule has 0 bridgehead atoms. The summed E-state index contributed by atoms with van der Waals surface area (Å²) in [6.07, 6.45) is 2.47. The van der Waals surface area contributed by atoms with E-state index in [1.807, 2.05) is 6.92 Å². The van der Waals surface area contributed by atoms with Crippen LogP contribution in [0, 0.1) is 0 Å². The first kappa shape index (κ1) is 12.5. The lowest BCUT2D eigenvalue weighted by atomic mass is 10.2. The van der Waals surface area contributed by atoms with E-state index < -0.39 is 0 Å². The summed E-state index contributed by atoms with van der Waals surface area (Å²) in [7, 11) is 1.50. The number of hydrogen-bond donors (Lipinski definition) is 2. The summed E-state index contributed by atoms with van der Waals surface area (Å²) in [5.74, 6) is 0.523. The van der Waals surface area contributed by atoms with Gasteiger partial charge in [0.1, 0.15) is 0 Å². The minimum absolute atomic E-state index is 0.0439. The van der Waals surface area contributed by atoms with Gasteiger partial charge in [-0.1, -0.05) is 6.92 Å². The normalized spacial score (nSPS) is 12.9. The van der Waals surface area contributed by atoms with Crippen molar-refractivity contribution in [2.24, 2.45) is 4.99 Å². The Morgan fingerprint density at radius 3 is 2.81 bits per heavy atom. The van der Waals surface area contributed by atoms with Crippen LogP contribution < -0.4 is 4.74 Å². The molecule has 4 heteroatoms. The van der Waals surface area contributed by atoms with Crippen LogP contribution in [0.15, 0.2) is 23.2 Å². The maximum atomic E-state index is 9.40. The van der Waals surface area contributed by atoms with Gasteiger partial charge >= 0.3 is 0 Å². The number of hydrogen-bond acceptors (Lipinski definition) is 4. The first-order chi connectivity index (χ1) is 7.71. The van der Waals surface area contributed by atoms with Gasteiger partial charge in [0.05, 0.1) is 19.8 Å². The van der Waals surface area contributed by atoms with Crippen molar-refractivity contribution >= 4 is 6.21 Å². The van der Waals surface area contributed by atoms with E-state index in [0.29, 0.717) is 5.75 Å². The van der Waals surface area contributed by atoms with Crippen LogP contribution >= 0.6 is 0 Å². The Kier molecular flexibility index (Phi) is 4.79. The molecule has 0 unspecified atom stereocenters. The number of phenolic OH excluding ortho intramolecular Hbond substituents is 1. The number of phenols is 1. The monoisotopic (exact) mass is 223 g/mol. The van der Waals surface area contributed by atoms with Crippen molar-refractivity contribution in [3.05, 3.63) is 23.8 Å². The summed E-state index contributed by atoms with van der Waals surface area (Å²) >= 11 is 0. The number of aromatic hydroxyl groups is 1. The number of benzene rings is 1. The Bertz CT molecular complexity index is 359. The van der Waals surface area contributed by atoms with E-state index in [-0.39, 0.29) is 18.4 Å². The molecule has 0 aromatic heterocycles. The van der Waals surface area contributed by atoms with Crippen molar-refractivity contribution in [1.29, 1.82) is 0 Å². The second kappa shape index (κ2) is 6.12. The van der Waals surface area contributed by atoms with Gasteiger partial charge in [-0.2, -0.15) is 0 Å². The fourth-order valence-corrected chi connectivity index (χ4v) is 1.25. The largest absolute Gasteiger partial charge is 0.504 e.